The number of ether oxygens (including phenoxy) is 1. The van der Waals surface area contributed by atoms with Gasteiger partial charge in [-0.05, 0) is 55.7 Å². The Morgan fingerprint density at radius 3 is 2.65 bits per heavy atom. The van der Waals surface area contributed by atoms with E-state index in [2.05, 4.69) is 37.0 Å². The molecule has 0 aliphatic heterocycles. The van der Waals surface area contributed by atoms with Gasteiger partial charge in [-0.25, -0.2) is 0 Å². The zero-order chi connectivity index (χ0) is 16.8. The van der Waals surface area contributed by atoms with Crippen LogP contribution in [0.2, 0.25) is 5.02 Å². The Labute approximate surface area is 143 Å². The lowest BCUT2D eigenvalue weighted by molar-refractivity contribution is 0.230. The maximum atomic E-state index is 6.03. The zero-order valence-electron chi connectivity index (χ0n) is 13.8. The number of aryl methyl sites for hydroxylation is 2. The minimum Gasteiger partial charge on any atom is -0.489 e. The van der Waals surface area contributed by atoms with Crippen molar-refractivity contribution in [3.8, 4) is 5.75 Å². The summed E-state index contributed by atoms with van der Waals surface area (Å²) in [5.41, 5.74) is 9.77. The van der Waals surface area contributed by atoms with Crippen LogP contribution in [-0.2, 0) is 6.42 Å². The molecule has 0 aliphatic carbocycles. The van der Waals surface area contributed by atoms with Gasteiger partial charge in [0.2, 0.25) is 0 Å². The molecule has 2 N–H and O–H groups in total. The quantitative estimate of drug-likeness (QED) is 0.633. The molecule has 3 nitrogen and oxygen atoms in total. The van der Waals surface area contributed by atoms with Gasteiger partial charge in [0.1, 0.15) is 11.9 Å². The van der Waals surface area contributed by atoms with Crippen LogP contribution in [0.5, 0.6) is 5.75 Å². The maximum Gasteiger partial charge on any atom is 0.121 e. The van der Waals surface area contributed by atoms with Crippen molar-refractivity contribution in [3.63, 3.8) is 0 Å². The van der Waals surface area contributed by atoms with Gasteiger partial charge in [-0.2, -0.15) is 0 Å². The van der Waals surface area contributed by atoms with Gasteiger partial charge in [0.15, 0.2) is 0 Å². The normalized spacial score (nSPS) is 13.0. The van der Waals surface area contributed by atoms with E-state index in [1.165, 1.54) is 16.7 Å². The van der Waals surface area contributed by atoms with Crippen LogP contribution in [0.3, 0.4) is 0 Å². The number of benzene rings is 2. The van der Waals surface area contributed by atoms with E-state index < -0.39 is 0 Å². The molecule has 2 aromatic rings. The largest absolute Gasteiger partial charge is 0.489 e. The van der Waals surface area contributed by atoms with Crippen molar-refractivity contribution in [2.75, 3.05) is 6.54 Å². The number of aliphatic imine (C=N–C) groups is 1. The van der Waals surface area contributed by atoms with E-state index in [4.69, 9.17) is 22.1 Å². The Morgan fingerprint density at radius 2 is 1.96 bits per heavy atom. The lowest BCUT2D eigenvalue weighted by Crippen LogP contribution is -2.21. The summed E-state index contributed by atoms with van der Waals surface area (Å²) >= 11 is 5.94. The number of halogens is 1. The molecule has 122 valence electrons. The molecule has 4 heteroatoms. The van der Waals surface area contributed by atoms with Gasteiger partial charge in [0.25, 0.3) is 0 Å². The predicted molar refractivity (Wildman–Crippen MR) is 97.7 cm³/mol. The molecule has 0 amide bonds. The minimum atomic E-state index is -0.0632. The van der Waals surface area contributed by atoms with E-state index in [0.717, 1.165) is 5.75 Å². The summed E-state index contributed by atoms with van der Waals surface area (Å²) < 4.78 is 5.78. The number of nitrogens with zero attached hydrogens (tertiary/aromatic N) is 1. The van der Waals surface area contributed by atoms with Crippen LogP contribution in [0.25, 0.3) is 0 Å². The molecular weight excluding hydrogens is 308 g/mol. The Balaban J connectivity index is 1.89. The third-order valence-corrected chi connectivity index (χ3v) is 3.88. The van der Waals surface area contributed by atoms with Gasteiger partial charge in [-0.3, -0.25) is 4.99 Å². The van der Waals surface area contributed by atoms with Crippen molar-refractivity contribution in [2.45, 2.75) is 33.3 Å². The van der Waals surface area contributed by atoms with Crippen LogP contribution >= 0.6 is 11.6 Å². The zero-order valence-corrected chi connectivity index (χ0v) is 14.6. The highest BCUT2D eigenvalue weighted by atomic mass is 35.5. The first-order chi connectivity index (χ1) is 10.9. The van der Waals surface area contributed by atoms with Crippen LogP contribution in [0.4, 0.5) is 0 Å². The Morgan fingerprint density at radius 1 is 1.17 bits per heavy atom. The smallest absolute Gasteiger partial charge is 0.121 e. The molecule has 0 spiro atoms. The van der Waals surface area contributed by atoms with Gasteiger partial charge in [-0.1, -0.05) is 35.9 Å². The van der Waals surface area contributed by atoms with Gasteiger partial charge in [-0.15, -0.1) is 0 Å². The number of hydrogen-bond donors (Lipinski definition) is 1. The van der Waals surface area contributed by atoms with Crippen LogP contribution in [0, 0.1) is 13.8 Å². The van der Waals surface area contributed by atoms with Crippen molar-refractivity contribution in [1.29, 1.82) is 0 Å². The third-order valence-electron chi connectivity index (χ3n) is 3.64. The van der Waals surface area contributed by atoms with E-state index in [1.54, 1.807) is 6.07 Å². The fourth-order valence-electron chi connectivity index (χ4n) is 2.23. The molecule has 0 heterocycles. The Kier molecular flexibility index (Phi) is 6.05. The summed E-state index contributed by atoms with van der Waals surface area (Å²) in [6.07, 6.45) is 0.595. The second-order valence-corrected chi connectivity index (χ2v) is 6.25. The van der Waals surface area contributed by atoms with Gasteiger partial charge in [0, 0.05) is 11.4 Å². The monoisotopic (exact) mass is 330 g/mol. The van der Waals surface area contributed by atoms with Crippen LogP contribution in [-0.4, -0.2) is 18.5 Å². The first-order valence-corrected chi connectivity index (χ1v) is 8.09. The standard InChI is InChI=1S/C19H23ClN2O/c1-13-7-8-16(9-14(13)2)10-19(21)22-12-15(3)23-18-6-4-5-17(20)11-18/h4-9,11,15H,10,12H2,1-3H3,(H2,21,22). The summed E-state index contributed by atoms with van der Waals surface area (Å²) in [4.78, 5) is 4.43. The summed E-state index contributed by atoms with van der Waals surface area (Å²) in [5, 5.41) is 0.660. The average Bonchev–Trinajstić information content (AvgIpc) is 2.49. The van der Waals surface area contributed by atoms with Crippen molar-refractivity contribution in [2.24, 2.45) is 10.7 Å². The summed E-state index contributed by atoms with van der Waals surface area (Å²) in [7, 11) is 0. The fourth-order valence-corrected chi connectivity index (χ4v) is 2.41. The fraction of sp³-hybridized carbons (Fsp3) is 0.316. The molecule has 2 aromatic carbocycles. The van der Waals surface area contributed by atoms with Crippen LogP contribution in [0.1, 0.15) is 23.6 Å². The summed E-state index contributed by atoms with van der Waals surface area (Å²) in [6, 6.07) is 13.7. The second-order valence-electron chi connectivity index (χ2n) is 5.81. The van der Waals surface area contributed by atoms with E-state index in [0.29, 0.717) is 23.8 Å². The van der Waals surface area contributed by atoms with E-state index >= 15 is 0 Å². The van der Waals surface area contributed by atoms with E-state index in [-0.39, 0.29) is 6.10 Å². The van der Waals surface area contributed by atoms with Gasteiger partial charge in [0.05, 0.1) is 12.4 Å². The van der Waals surface area contributed by atoms with Crippen molar-refractivity contribution in [3.05, 3.63) is 64.2 Å². The van der Waals surface area contributed by atoms with Gasteiger partial charge < -0.3 is 10.5 Å². The van der Waals surface area contributed by atoms with Crippen LogP contribution < -0.4 is 10.5 Å². The molecule has 0 saturated heterocycles. The molecule has 0 fully saturated rings. The molecule has 0 aliphatic rings. The van der Waals surface area contributed by atoms with Crippen LogP contribution in [0.15, 0.2) is 47.5 Å². The highest BCUT2D eigenvalue weighted by molar-refractivity contribution is 6.30. The first kappa shape index (κ1) is 17.4. The predicted octanol–water partition coefficient (Wildman–Crippen LogP) is 4.32. The van der Waals surface area contributed by atoms with Gasteiger partial charge >= 0.3 is 0 Å². The topological polar surface area (TPSA) is 47.6 Å². The Bertz CT molecular complexity index is 698. The van der Waals surface area contributed by atoms with Crippen molar-refractivity contribution < 1.29 is 4.74 Å². The molecule has 0 bridgehead atoms. The highest BCUT2D eigenvalue weighted by Crippen LogP contribution is 2.18. The SMILES string of the molecule is Cc1ccc(CC(N)=NCC(C)Oc2cccc(Cl)c2)cc1C. The second kappa shape index (κ2) is 8.02. The summed E-state index contributed by atoms with van der Waals surface area (Å²) in [5.74, 6) is 1.36. The molecule has 23 heavy (non-hydrogen) atoms. The molecular formula is C19H23ClN2O. The van der Waals surface area contributed by atoms with E-state index in [1.807, 2.05) is 25.1 Å². The van der Waals surface area contributed by atoms with Crippen molar-refractivity contribution >= 4 is 17.4 Å². The molecule has 2 rings (SSSR count). The first-order valence-electron chi connectivity index (χ1n) is 7.71. The molecule has 0 aromatic heterocycles. The number of amidine groups is 1. The lowest BCUT2D eigenvalue weighted by atomic mass is 10.0. The lowest BCUT2D eigenvalue weighted by Gasteiger charge is -2.13. The number of nitrogens with two attached hydrogens (primary N) is 1. The highest BCUT2D eigenvalue weighted by Gasteiger charge is 2.05. The average molecular weight is 331 g/mol. The maximum absolute atomic E-state index is 6.03. The number of hydrogen-bond acceptors (Lipinski definition) is 2. The van der Waals surface area contributed by atoms with Crippen molar-refractivity contribution in [1.82, 2.24) is 0 Å². The van der Waals surface area contributed by atoms with E-state index in [9.17, 15) is 0 Å². The third kappa shape index (κ3) is 5.61. The summed E-state index contributed by atoms with van der Waals surface area (Å²) in [6.45, 7) is 6.69. The Hall–Kier alpha value is -2.00. The minimum absolute atomic E-state index is 0.0632. The molecule has 0 saturated carbocycles. The number of rotatable bonds is 6. The molecule has 1 atom stereocenters. The molecule has 1 unspecified atom stereocenters. The molecule has 0 radical (unpaired) electrons.